The number of carbonyl (C=O) groups excluding carboxylic acids is 1. The number of imidazole rings is 1. The van der Waals surface area contributed by atoms with E-state index in [9.17, 15) is 4.79 Å². The van der Waals surface area contributed by atoms with Crippen LogP contribution < -0.4 is 10.6 Å². The summed E-state index contributed by atoms with van der Waals surface area (Å²) in [7, 11) is 0. The fourth-order valence-electron chi connectivity index (χ4n) is 4.02. The Balaban J connectivity index is 1.30. The van der Waals surface area contributed by atoms with Crippen LogP contribution in [0.3, 0.4) is 0 Å². The van der Waals surface area contributed by atoms with Crippen LogP contribution in [0.4, 0.5) is 10.9 Å². The summed E-state index contributed by atoms with van der Waals surface area (Å²) in [5.74, 6) is 1.48. The monoisotopic (exact) mass is 479 g/mol. The molecule has 1 amide bonds. The molecule has 3 aromatic rings. The molecular weight excluding hydrogens is 450 g/mol. The SMILES string of the molecule is Cc1cc(Nc2nc(C(=O)NCCCCn3ccnc3)cs2)nc([C@@H]2CCCN(CC#N)C2)n1. The summed E-state index contributed by atoms with van der Waals surface area (Å²) in [6, 6.07) is 4.11. The number of piperidine rings is 1. The molecule has 2 N–H and O–H groups in total. The van der Waals surface area contributed by atoms with Gasteiger partial charge in [0, 0.05) is 55.1 Å². The number of hydrogen-bond donors (Lipinski definition) is 2. The van der Waals surface area contributed by atoms with Crippen molar-refractivity contribution in [3.8, 4) is 6.07 Å². The van der Waals surface area contributed by atoms with Crippen molar-refractivity contribution < 1.29 is 4.79 Å². The topological polar surface area (TPSA) is 125 Å². The Labute approximate surface area is 203 Å². The Morgan fingerprint density at radius 2 is 2.24 bits per heavy atom. The Bertz CT molecular complexity index is 1120. The molecule has 0 aromatic carbocycles. The summed E-state index contributed by atoms with van der Waals surface area (Å²) in [6.45, 7) is 5.60. The van der Waals surface area contributed by atoms with Gasteiger partial charge in [-0.1, -0.05) is 0 Å². The molecule has 0 aliphatic carbocycles. The highest BCUT2D eigenvalue weighted by Gasteiger charge is 2.24. The van der Waals surface area contributed by atoms with Crippen molar-refractivity contribution in [3.05, 3.63) is 47.4 Å². The van der Waals surface area contributed by atoms with Gasteiger partial charge in [-0.25, -0.2) is 19.9 Å². The number of hydrogen-bond acceptors (Lipinski definition) is 9. The minimum Gasteiger partial charge on any atom is -0.351 e. The van der Waals surface area contributed by atoms with Crippen LogP contribution in [0, 0.1) is 18.3 Å². The highest BCUT2D eigenvalue weighted by atomic mass is 32.1. The molecule has 1 fully saturated rings. The maximum atomic E-state index is 12.4. The van der Waals surface area contributed by atoms with Crippen LogP contribution in [0.2, 0.25) is 0 Å². The van der Waals surface area contributed by atoms with E-state index >= 15 is 0 Å². The van der Waals surface area contributed by atoms with Crippen LogP contribution in [0.1, 0.15) is 53.6 Å². The van der Waals surface area contributed by atoms with Gasteiger partial charge in [-0.3, -0.25) is 9.69 Å². The van der Waals surface area contributed by atoms with E-state index in [1.54, 1.807) is 17.9 Å². The van der Waals surface area contributed by atoms with Gasteiger partial charge in [0.05, 0.1) is 18.9 Å². The first-order valence-corrected chi connectivity index (χ1v) is 12.4. The largest absolute Gasteiger partial charge is 0.351 e. The van der Waals surface area contributed by atoms with E-state index in [0.29, 0.717) is 29.7 Å². The molecule has 0 radical (unpaired) electrons. The number of aromatic nitrogens is 5. The van der Waals surface area contributed by atoms with E-state index in [1.165, 1.54) is 11.3 Å². The van der Waals surface area contributed by atoms with Crippen molar-refractivity contribution in [1.82, 2.24) is 34.7 Å². The first-order valence-electron chi connectivity index (χ1n) is 11.5. The minimum atomic E-state index is -0.175. The quantitative estimate of drug-likeness (QED) is 0.336. The maximum Gasteiger partial charge on any atom is 0.270 e. The lowest BCUT2D eigenvalue weighted by atomic mass is 9.97. The third-order valence-electron chi connectivity index (χ3n) is 5.70. The van der Waals surface area contributed by atoms with Gasteiger partial charge in [-0.2, -0.15) is 5.26 Å². The number of likely N-dealkylation sites (tertiary alicyclic amines) is 1. The van der Waals surface area contributed by atoms with Crippen LogP contribution in [0.25, 0.3) is 0 Å². The molecule has 1 aliphatic rings. The molecule has 1 atom stereocenters. The van der Waals surface area contributed by atoms with Gasteiger partial charge >= 0.3 is 0 Å². The molecule has 0 unspecified atom stereocenters. The van der Waals surface area contributed by atoms with Crippen LogP contribution in [0.5, 0.6) is 0 Å². The fraction of sp³-hybridized carbons (Fsp3) is 0.478. The number of nitriles is 1. The highest BCUT2D eigenvalue weighted by Crippen LogP contribution is 2.27. The second kappa shape index (κ2) is 11.7. The van der Waals surface area contributed by atoms with Gasteiger partial charge in [0.2, 0.25) is 0 Å². The third kappa shape index (κ3) is 6.59. The van der Waals surface area contributed by atoms with E-state index < -0.39 is 0 Å². The van der Waals surface area contributed by atoms with Gasteiger partial charge in [0.15, 0.2) is 5.13 Å². The molecule has 10 nitrogen and oxygen atoms in total. The zero-order valence-electron chi connectivity index (χ0n) is 19.3. The molecule has 0 bridgehead atoms. The lowest BCUT2D eigenvalue weighted by Gasteiger charge is -2.30. The first-order chi connectivity index (χ1) is 16.6. The molecule has 0 spiro atoms. The summed E-state index contributed by atoms with van der Waals surface area (Å²) in [4.78, 5) is 32.4. The van der Waals surface area contributed by atoms with E-state index in [2.05, 4.69) is 36.6 Å². The zero-order valence-corrected chi connectivity index (χ0v) is 20.1. The molecular formula is C23H29N9OS. The molecule has 178 valence electrons. The van der Waals surface area contributed by atoms with E-state index in [-0.39, 0.29) is 11.8 Å². The van der Waals surface area contributed by atoms with Crippen LogP contribution in [-0.4, -0.2) is 61.5 Å². The molecule has 34 heavy (non-hydrogen) atoms. The van der Waals surface area contributed by atoms with Crippen molar-refractivity contribution in [3.63, 3.8) is 0 Å². The summed E-state index contributed by atoms with van der Waals surface area (Å²) in [5.41, 5.74) is 1.27. The summed E-state index contributed by atoms with van der Waals surface area (Å²) < 4.78 is 2.02. The second-order valence-corrected chi connectivity index (χ2v) is 9.27. The zero-order chi connectivity index (χ0) is 23.8. The lowest BCUT2D eigenvalue weighted by molar-refractivity contribution is 0.0948. The molecule has 0 saturated carbocycles. The number of nitrogens with one attached hydrogen (secondary N) is 2. The Hall–Kier alpha value is -3.36. The number of rotatable bonds is 10. The third-order valence-corrected chi connectivity index (χ3v) is 6.45. The number of carbonyl (C=O) groups is 1. The van der Waals surface area contributed by atoms with Crippen molar-refractivity contribution in [2.24, 2.45) is 0 Å². The highest BCUT2D eigenvalue weighted by molar-refractivity contribution is 7.14. The standard InChI is InChI=1S/C23H29N9OS/c1-17-13-20(29-21(27-17)18-5-4-10-31(14-18)11-6-24)30-23-28-19(15-34-23)22(33)26-7-2-3-9-32-12-8-25-16-32/h8,12-13,15-16,18H,2-5,7,9-11,14H2,1H3,(H,26,33)(H,27,28,29,30)/t18-/m1/s1. The average Bonchev–Trinajstić information content (AvgIpc) is 3.51. The number of anilines is 2. The van der Waals surface area contributed by atoms with Gasteiger partial charge in [0.25, 0.3) is 5.91 Å². The van der Waals surface area contributed by atoms with Crippen molar-refractivity contribution in [2.45, 2.75) is 45.1 Å². The van der Waals surface area contributed by atoms with Crippen molar-refractivity contribution in [2.75, 3.05) is 31.5 Å². The van der Waals surface area contributed by atoms with Crippen molar-refractivity contribution in [1.29, 1.82) is 5.26 Å². The van der Waals surface area contributed by atoms with Gasteiger partial charge in [0.1, 0.15) is 17.3 Å². The Morgan fingerprint density at radius 1 is 1.32 bits per heavy atom. The number of unbranched alkanes of at least 4 members (excludes halogenated alkanes) is 1. The molecule has 4 rings (SSSR count). The average molecular weight is 480 g/mol. The molecule has 1 saturated heterocycles. The predicted octanol–water partition coefficient (Wildman–Crippen LogP) is 3.09. The normalized spacial score (nSPS) is 16.2. The van der Waals surface area contributed by atoms with Gasteiger partial charge < -0.3 is 15.2 Å². The number of thiazole rings is 1. The predicted molar refractivity (Wildman–Crippen MR) is 130 cm³/mol. The smallest absolute Gasteiger partial charge is 0.270 e. The Kier molecular flexibility index (Phi) is 8.17. The molecule has 1 aliphatic heterocycles. The van der Waals surface area contributed by atoms with Crippen LogP contribution in [0.15, 0.2) is 30.2 Å². The lowest BCUT2D eigenvalue weighted by Crippen LogP contribution is -2.35. The Morgan fingerprint density at radius 3 is 3.06 bits per heavy atom. The summed E-state index contributed by atoms with van der Waals surface area (Å²) >= 11 is 1.37. The number of amides is 1. The van der Waals surface area contributed by atoms with Gasteiger partial charge in [-0.15, -0.1) is 11.3 Å². The number of aryl methyl sites for hydroxylation is 2. The fourth-order valence-corrected chi connectivity index (χ4v) is 4.72. The minimum absolute atomic E-state index is 0.175. The van der Waals surface area contributed by atoms with E-state index in [1.807, 2.05) is 23.8 Å². The summed E-state index contributed by atoms with van der Waals surface area (Å²) in [5, 5.41) is 17.5. The van der Waals surface area contributed by atoms with E-state index in [4.69, 9.17) is 10.2 Å². The molecule has 11 heteroatoms. The van der Waals surface area contributed by atoms with Crippen molar-refractivity contribution >= 4 is 28.2 Å². The van der Waals surface area contributed by atoms with Gasteiger partial charge in [-0.05, 0) is 39.2 Å². The van der Waals surface area contributed by atoms with Crippen LogP contribution in [-0.2, 0) is 6.54 Å². The first kappa shape index (κ1) is 23.8. The summed E-state index contributed by atoms with van der Waals surface area (Å²) in [6.07, 6.45) is 9.38. The molecule has 4 heterocycles. The van der Waals surface area contributed by atoms with E-state index in [0.717, 1.165) is 56.8 Å². The second-order valence-electron chi connectivity index (χ2n) is 8.41. The van der Waals surface area contributed by atoms with Crippen LogP contribution >= 0.6 is 11.3 Å². The molecule has 3 aromatic heterocycles. The maximum absolute atomic E-state index is 12.4. The number of nitrogens with zero attached hydrogens (tertiary/aromatic N) is 7.